The van der Waals surface area contributed by atoms with Crippen LogP contribution >= 0.6 is 19.2 Å². The smallest absolute Gasteiger partial charge is 0.354 e. The van der Waals surface area contributed by atoms with Gasteiger partial charge in [-0.15, -0.1) is 0 Å². The molecule has 0 aromatic heterocycles. The van der Waals surface area contributed by atoms with Crippen LogP contribution in [0.2, 0.25) is 5.02 Å². The molecule has 0 amide bonds. The molecule has 1 aliphatic rings. The molecule has 1 aliphatic heterocycles. The summed E-state index contributed by atoms with van der Waals surface area (Å²) in [5, 5.41) is 21.4. The number of carbonyl (C=O) groups is 2. The van der Waals surface area contributed by atoms with E-state index in [4.69, 9.17) is 30.2 Å². The summed E-state index contributed by atoms with van der Waals surface area (Å²) >= 11 is 6.05. The number of carboxylic acid groups (broad SMARTS) is 2. The number of nitrogens with zero attached hydrogens (tertiary/aromatic N) is 1. The summed E-state index contributed by atoms with van der Waals surface area (Å²) in [6.07, 6.45) is -1.76. The number of hydroxylamine groups is 2. The molecule has 4 atom stereocenters. The van der Waals surface area contributed by atoms with Gasteiger partial charge in [0.25, 0.3) is 0 Å². The summed E-state index contributed by atoms with van der Waals surface area (Å²) in [4.78, 5) is 30.2. The number of hydrogen-bond donors (Lipinski definition) is 2. The van der Waals surface area contributed by atoms with Gasteiger partial charge >= 0.3 is 19.5 Å². The maximum atomic E-state index is 14.1. The van der Waals surface area contributed by atoms with Crippen molar-refractivity contribution < 1.29 is 43.0 Å². The van der Waals surface area contributed by atoms with E-state index in [1.54, 1.807) is 62.4 Å². The molecule has 1 heterocycles. The molecule has 0 spiro atoms. The highest BCUT2D eigenvalue weighted by Crippen LogP contribution is 2.65. The van der Waals surface area contributed by atoms with E-state index >= 15 is 0 Å². The van der Waals surface area contributed by atoms with Crippen molar-refractivity contribution in [1.29, 1.82) is 0 Å². The van der Waals surface area contributed by atoms with Gasteiger partial charge in [0.05, 0.1) is 26.4 Å². The summed E-state index contributed by atoms with van der Waals surface area (Å²) in [5.74, 6) is -5.18. The Kier molecular flexibility index (Phi) is 8.93. The largest absolute Gasteiger partial charge is 0.497 e. The number of carboxylic acids is 2. The minimum absolute atomic E-state index is 0.0210. The van der Waals surface area contributed by atoms with Crippen LogP contribution in [0.5, 0.6) is 5.75 Å². The standard InChI is InChI=1S/C23H27ClNO9P/c1-4-32-35(30,33-5-2)21(15-6-10-16(24)11-7-15)25-19(14-8-12-17(31-3)13-9-14)18(22(26)27)20(34-25)23(28)29/h6-13,18-21H,4-5H2,1-3H3,(H,26,27)(H,28,29)/t18-,19+,20+,21?/m0/s1. The molecule has 0 bridgehead atoms. The fourth-order valence-corrected chi connectivity index (χ4v) is 6.27. The van der Waals surface area contributed by atoms with Crippen LogP contribution in [-0.4, -0.2) is 53.6 Å². The number of rotatable bonds is 11. The predicted octanol–water partition coefficient (Wildman–Crippen LogP) is 4.76. The molecular formula is C23H27ClNO9P. The highest BCUT2D eigenvalue weighted by atomic mass is 35.5. The molecule has 1 unspecified atom stereocenters. The quantitative estimate of drug-likeness (QED) is 0.394. The number of benzene rings is 2. The third kappa shape index (κ3) is 5.69. The normalized spacial score (nSPS) is 21.5. The first-order valence-corrected chi connectivity index (χ1v) is 12.8. The average Bonchev–Trinajstić information content (AvgIpc) is 3.21. The summed E-state index contributed by atoms with van der Waals surface area (Å²) in [7, 11) is -2.57. The Morgan fingerprint density at radius 2 is 1.60 bits per heavy atom. The van der Waals surface area contributed by atoms with Crippen molar-refractivity contribution in [1.82, 2.24) is 5.06 Å². The lowest BCUT2D eigenvalue weighted by Crippen LogP contribution is -2.34. The van der Waals surface area contributed by atoms with Crippen molar-refractivity contribution in [3.05, 3.63) is 64.7 Å². The Hall–Kier alpha value is -2.46. The lowest BCUT2D eigenvalue weighted by molar-refractivity contribution is -0.195. The molecule has 1 saturated heterocycles. The van der Waals surface area contributed by atoms with E-state index in [1.807, 2.05) is 0 Å². The van der Waals surface area contributed by atoms with Gasteiger partial charge in [0.15, 0.2) is 11.9 Å². The van der Waals surface area contributed by atoms with Crippen LogP contribution in [0.15, 0.2) is 48.5 Å². The Bertz CT molecular complexity index is 1070. The molecular weight excluding hydrogens is 501 g/mol. The summed E-state index contributed by atoms with van der Waals surface area (Å²) in [6, 6.07) is 11.6. The number of methoxy groups -OCH3 is 1. The fourth-order valence-electron chi connectivity index (χ4n) is 4.06. The van der Waals surface area contributed by atoms with Crippen molar-refractivity contribution in [2.24, 2.45) is 5.92 Å². The molecule has 1 fully saturated rings. The van der Waals surface area contributed by atoms with Crippen LogP contribution < -0.4 is 4.74 Å². The third-order valence-electron chi connectivity index (χ3n) is 5.49. The zero-order chi connectivity index (χ0) is 25.8. The van der Waals surface area contributed by atoms with Gasteiger partial charge in [0.2, 0.25) is 0 Å². The molecule has 2 aromatic rings. The van der Waals surface area contributed by atoms with Gasteiger partial charge in [-0.2, -0.15) is 5.06 Å². The van der Waals surface area contributed by atoms with E-state index in [-0.39, 0.29) is 13.2 Å². The SMILES string of the molecule is CCOP(=O)(OCC)C(c1ccc(Cl)cc1)N1O[C@@H](C(=O)O)[C@@H](C(=O)O)[C@H]1c1ccc(OC)cc1. The number of hydrogen-bond acceptors (Lipinski definition) is 8. The van der Waals surface area contributed by atoms with E-state index in [0.717, 1.165) is 5.06 Å². The molecule has 12 heteroatoms. The molecule has 190 valence electrons. The second-order valence-electron chi connectivity index (χ2n) is 7.61. The summed E-state index contributed by atoms with van der Waals surface area (Å²) in [6.45, 7) is 3.31. The van der Waals surface area contributed by atoms with E-state index in [2.05, 4.69) is 0 Å². The Morgan fingerprint density at radius 1 is 1.03 bits per heavy atom. The van der Waals surface area contributed by atoms with Crippen molar-refractivity contribution >= 4 is 31.1 Å². The topological polar surface area (TPSA) is 132 Å². The van der Waals surface area contributed by atoms with Gasteiger partial charge < -0.3 is 24.0 Å². The Morgan fingerprint density at radius 3 is 2.06 bits per heavy atom. The molecule has 0 saturated carbocycles. The zero-order valence-electron chi connectivity index (χ0n) is 19.4. The number of aliphatic carboxylic acids is 2. The summed E-state index contributed by atoms with van der Waals surface area (Å²) < 4.78 is 30.5. The van der Waals surface area contributed by atoms with Gasteiger partial charge in [0.1, 0.15) is 11.7 Å². The average molecular weight is 528 g/mol. The van der Waals surface area contributed by atoms with E-state index in [1.165, 1.54) is 7.11 Å². The fraction of sp³-hybridized carbons (Fsp3) is 0.391. The van der Waals surface area contributed by atoms with Crippen molar-refractivity contribution in [3.63, 3.8) is 0 Å². The molecule has 0 radical (unpaired) electrons. The molecule has 10 nitrogen and oxygen atoms in total. The summed E-state index contributed by atoms with van der Waals surface area (Å²) in [5.41, 5.74) is 0.800. The highest BCUT2D eigenvalue weighted by Gasteiger charge is 2.58. The second kappa shape index (κ2) is 11.5. The number of ether oxygens (including phenoxy) is 1. The second-order valence-corrected chi connectivity index (χ2v) is 10.1. The first kappa shape index (κ1) is 27.1. The maximum Gasteiger partial charge on any atom is 0.354 e. The monoisotopic (exact) mass is 527 g/mol. The van der Waals surface area contributed by atoms with Crippen LogP contribution in [0.25, 0.3) is 0 Å². The minimum atomic E-state index is -4.06. The van der Waals surface area contributed by atoms with Gasteiger partial charge in [-0.1, -0.05) is 35.9 Å². The van der Waals surface area contributed by atoms with Crippen molar-refractivity contribution in [2.75, 3.05) is 20.3 Å². The molecule has 2 N–H and O–H groups in total. The van der Waals surface area contributed by atoms with Crippen LogP contribution in [0, 0.1) is 5.92 Å². The minimum Gasteiger partial charge on any atom is -0.497 e. The van der Waals surface area contributed by atoms with Gasteiger partial charge in [0, 0.05) is 5.02 Å². The lowest BCUT2D eigenvalue weighted by atomic mass is 9.89. The molecule has 2 aromatic carbocycles. The molecule has 3 rings (SSSR count). The highest BCUT2D eigenvalue weighted by molar-refractivity contribution is 7.54. The van der Waals surface area contributed by atoms with Crippen LogP contribution in [0.4, 0.5) is 0 Å². The predicted molar refractivity (Wildman–Crippen MR) is 126 cm³/mol. The van der Waals surface area contributed by atoms with Crippen LogP contribution in [0.3, 0.4) is 0 Å². The number of halogens is 1. The Labute approximate surface area is 207 Å². The van der Waals surface area contributed by atoms with E-state index < -0.39 is 43.4 Å². The van der Waals surface area contributed by atoms with Crippen LogP contribution in [0.1, 0.15) is 36.8 Å². The first-order valence-electron chi connectivity index (χ1n) is 10.9. The van der Waals surface area contributed by atoms with Gasteiger partial charge in [-0.3, -0.25) is 14.2 Å². The lowest BCUT2D eigenvalue weighted by Gasteiger charge is -2.36. The van der Waals surface area contributed by atoms with Gasteiger partial charge in [-0.25, -0.2) is 4.79 Å². The first-order chi connectivity index (χ1) is 16.7. The molecule has 0 aliphatic carbocycles. The van der Waals surface area contributed by atoms with E-state index in [0.29, 0.717) is 21.9 Å². The Balaban J connectivity index is 2.25. The van der Waals surface area contributed by atoms with Crippen molar-refractivity contribution in [3.8, 4) is 5.75 Å². The van der Waals surface area contributed by atoms with E-state index in [9.17, 15) is 24.4 Å². The third-order valence-corrected chi connectivity index (χ3v) is 8.10. The van der Waals surface area contributed by atoms with Crippen molar-refractivity contribution in [2.45, 2.75) is 31.8 Å². The zero-order valence-corrected chi connectivity index (χ0v) is 21.0. The van der Waals surface area contributed by atoms with Crippen LogP contribution in [-0.2, 0) is 28.0 Å². The van der Waals surface area contributed by atoms with Gasteiger partial charge in [-0.05, 0) is 49.2 Å². The molecule has 35 heavy (non-hydrogen) atoms. The maximum absolute atomic E-state index is 14.1.